The van der Waals surface area contributed by atoms with Gasteiger partial charge in [0, 0.05) is 11.9 Å². The molecule has 0 bridgehead atoms. The predicted octanol–water partition coefficient (Wildman–Crippen LogP) is 3.23. The van der Waals surface area contributed by atoms with E-state index in [1.807, 2.05) is 25.1 Å². The second-order valence-corrected chi connectivity index (χ2v) is 4.27. The molecule has 1 atom stereocenters. The van der Waals surface area contributed by atoms with Crippen LogP contribution in [-0.2, 0) is 0 Å². The summed E-state index contributed by atoms with van der Waals surface area (Å²) in [5, 5.41) is 3.41. The monoisotopic (exact) mass is 244 g/mol. The fourth-order valence-electron chi connectivity index (χ4n) is 2.03. The maximum absolute atomic E-state index is 13.0. The van der Waals surface area contributed by atoms with Crippen molar-refractivity contribution < 1.29 is 4.39 Å². The lowest BCUT2D eigenvalue weighted by Crippen LogP contribution is -2.22. The minimum atomic E-state index is -0.208. The molecule has 2 nitrogen and oxygen atoms in total. The van der Waals surface area contributed by atoms with Gasteiger partial charge >= 0.3 is 0 Å². The fourth-order valence-corrected chi connectivity index (χ4v) is 2.03. The highest BCUT2D eigenvalue weighted by Gasteiger charge is 2.13. The maximum Gasteiger partial charge on any atom is 0.123 e. The van der Waals surface area contributed by atoms with Gasteiger partial charge < -0.3 is 5.32 Å². The van der Waals surface area contributed by atoms with Crippen molar-refractivity contribution in [2.24, 2.45) is 0 Å². The Morgan fingerprint density at radius 1 is 1.17 bits per heavy atom. The van der Waals surface area contributed by atoms with Crippen molar-refractivity contribution >= 4 is 0 Å². The van der Waals surface area contributed by atoms with Crippen molar-refractivity contribution in [3.05, 3.63) is 65.2 Å². The molecule has 1 unspecified atom stereocenters. The molecule has 2 aromatic rings. The summed E-state index contributed by atoms with van der Waals surface area (Å²) >= 11 is 0. The molecule has 1 N–H and O–H groups in total. The lowest BCUT2D eigenvalue weighted by atomic mass is 9.99. The predicted molar refractivity (Wildman–Crippen MR) is 70.9 cm³/mol. The first-order chi connectivity index (χ1) is 8.70. The van der Waals surface area contributed by atoms with Crippen LogP contribution in [-0.4, -0.2) is 11.5 Å². The van der Waals surface area contributed by atoms with Crippen molar-refractivity contribution in [2.75, 3.05) is 6.54 Å². The van der Waals surface area contributed by atoms with Crippen LogP contribution >= 0.6 is 0 Å². The molecular formula is C15H17FN2. The Morgan fingerprint density at radius 3 is 2.50 bits per heavy atom. The standard InChI is InChI=1S/C15H17FN2/c1-3-17-15(12-4-6-14(16)7-5-12)13-8-9-18-11(2)10-13/h4-10,15,17H,3H2,1-2H3. The van der Waals surface area contributed by atoms with Crippen LogP contribution in [0.5, 0.6) is 0 Å². The van der Waals surface area contributed by atoms with Crippen LogP contribution < -0.4 is 5.32 Å². The van der Waals surface area contributed by atoms with Gasteiger partial charge in [0.2, 0.25) is 0 Å². The number of aromatic nitrogens is 1. The smallest absolute Gasteiger partial charge is 0.123 e. The van der Waals surface area contributed by atoms with Crippen molar-refractivity contribution in [1.29, 1.82) is 0 Å². The second-order valence-electron chi connectivity index (χ2n) is 4.27. The highest BCUT2D eigenvalue weighted by Crippen LogP contribution is 2.22. The van der Waals surface area contributed by atoms with Gasteiger partial charge in [-0.3, -0.25) is 4.98 Å². The van der Waals surface area contributed by atoms with E-state index in [4.69, 9.17) is 0 Å². The third-order valence-corrected chi connectivity index (χ3v) is 2.87. The first-order valence-corrected chi connectivity index (χ1v) is 6.12. The highest BCUT2D eigenvalue weighted by atomic mass is 19.1. The molecule has 0 aliphatic carbocycles. The lowest BCUT2D eigenvalue weighted by molar-refractivity contribution is 0.613. The summed E-state index contributed by atoms with van der Waals surface area (Å²) < 4.78 is 13.0. The summed E-state index contributed by atoms with van der Waals surface area (Å²) in [7, 11) is 0. The molecule has 0 radical (unpaired) electrons. The van der Waals surface area contributed by atoms with E-state index in [0.717, 1.165) is 23.4 Å². The number of nitrogens with one attached hydrogen (secondary N) is 1. The molecule has 0 aliphatic heterocycles. The normalized spacial score (nSPS) is 12.4. The van der Waals surface area contributed by atoms with Gasteiger partial charge in [-0.25, -0.2) is 4.39 Å². The number of rotatable bonds is 4. The molecule has 1 aromatic heterocycles. The summed E-state index contributed by atoms with van der Waals surface area (Å²) in [5.41, 5.74) is 3.19. The van der Waals surface area contributed by atoms with E-state index >= 15 is 0 Å². The Kier molecular flexibility index (Phi) is 4.05. The third-order valence-electron chi connectivity index (χ3n) is 2.87. The molecule has 0 saturated carbocycles. The average Bonchev–Trinajstić information content (AvgIpc) is 2.37. The van der Waals surface area contributed by atoms with Crippen molar-refractivity contribution in [3.8, 4) is 0 Å². The Hall–Kier alpha value is -1.74. The van der Waals surface area contributed by atoms with E-state index in [1.165, 1.54) is 12.1 Å². The molecule has 2 rings (SSSR count). The minimum Gasteiger partial charge on any atom is -0.307 e. The van der Waals surface area contributed by atoms with Gasteiger partial charge in [0.05, 0.1) is 6.04 Å². The van der Waals surface area contributed by atoms with E-state index < -0.39 is 0 Å². The number of benzene rings is 1. The van der Waals surface area contributed by atoms with E-state index in [9.17, 15) is 4.39 Å². The molecule has 1 heterocycles. The van der Waals surface area contributed by atoms with Gasteiger partial charge in [0.15, 0.2) is 0 Å². The summed E-state index contributed by atoms with van der Waals surface area (Å²) in [5.74, 6) is -0.208. The molecule has 0 saturated heterocycles. The Bertz CT molecular complexity index is 508. The molecular weight excluding hydrogens is 227 g/mol. The van der Waals surface area contributed by atoms with Crippen LogP contribution in [0.25, 0.3) is 0 Å². The summed E-state index contributed by atoms with van der Waals surface area (Å²) in [6, 6.07) is 10.7. The topological polar surface area (TPSA) is 24.9 Å². The average molecular weight is 244 g/mol. The third kappa shape index (κ3) is 2.93. The summed E-state index contributed by atoms with van der Waals surface area (Å²) in [6.45, 7) is 4.88. The van der Waals surface area contributed by atoms with Gasteiger partial charge in [0.25, 0.3) is 0 Å². The van der Waals surface area contributed by atoms with Crippen LogP contribution in [0.3, 0.4) is 0 Å². The van der Waals surface area contributed by atoms with Gasteiger partial charge in [-0.15, -0.1) is 0 Å². The van der Waals surface area contributed by atoms with E-state index in [0.29, 0.717) is 0 Å². The van der Waals surface area contributed by atoms with Crippen LogP contribution in [0.1, 0.15) is 29.8 Å². The van der Waals surface area contributed by atoms with E-state index in [-0.39, 0.29) is 11.9 Å². The second kappa shape index (κ2) is 5.74. The zero-order chi connectivity index (χ0) is 13.0. The van der Waals surface area contributed by atoms with Gasteiger partial charge in [0.1, 0.15) is 5.82 Å². The number of pyridine rings is 1. The molecule has 0 spiro atoms. The molecule has 1 aromatic carbocycles. The van der Waals surface area contributed by atoms with E-state index in [2.05, 4.69) is 23.3 Å². The molecule has 3 heteroatoms. The largest absolute Gasteiger partial charge is 0.307 e. The van der Waals surface area contributed by atoms with Crippen molar-refractivity contribution in [3.63, 3.8) is 0 Å². The molecule has 94 valence electrons. The quantitative estimate of drug-likeness (QED) is 0.893. The van der Waals surface area contributed by atoms with Crippen LogP contribution in [0.2, 0.25) is 0 Å². The highest BCUT2D eigenvalue weighted by molar-refractivity contribution is 5.32. The summed E-state index contributed by atoms with van der Waals surface area (Å²) in [6.07, 6.45) is 1.80. The van der Waals surface area contributed by atoms with Crippen molar-refractivity contribution in [2.45, 2.75) is 19.9 Å². The van der Waals surface area contributed by atoms with Crippen LogP contribution in [0.4, 0.5) is 4.39 Å². The lowest BCUT2D eigenvalue weighted by Gasteiger charge is -2.19. The fraction of sp³-hybridized carbons (Fsp3) is 0.267. The number of hydrogen-bond donors (Lipinski definition) is 1. The van der Waals surface area contributed by atoms with Crippen LogP contribution in [0, 0.1) is 12.7 Å². The first-order valence-electron chi connectivity index (χ1n) is 6.12. The number of hydrogen-bond acceptors (Lipinski definition) is 2. The van der Waals surface area contributed by atoms with Crippen molar-refractivity contribution in [1.82, 2.24) is 10.3 Å². The Balaban J connectivity index is 2.36. The minimum absolute atomic E-state index is 0.0808. The molecule has 0 fully saturated rings. The number of nitrogens with zero attached hydrogens (tertiary/aromatic N) is 1. The van der Waals surface area contributed by atoms with Gasteiger partial charge in [-0.05, 0) is 48.9 Å². The SMILES string of the molecule is CCNC(c1ccc(F)cc1)c1ccnc(C)c1. The number of aryl methyl sites for hydroxylation is 1. The number of halogens is 1. The van der Waals surface area contributed by atoms with E-state index in [1.54, 1.807) is 6.20 Å². The zero-order valence-electron chi connectivity index (χ0n) is 10.7. The Labute approximate surface area is 107 Å². The maximum atomic E-state index is 13.0. The Morgan fingerprint density at radius 2 is 1.89 bits per heavy atom. The van der Waals surface area contributed by atoms with Gasteiger partial charge in [-0.1, -0.05) is 19.1 Å². The molecule has 0 aliphatic rings. The first kappa shape index (κ1) is 12.7. The van der Waals surface area contributed by atoms with Crippen LogP contribution in [0.15, 0.2) is 42.6 Å². The molecule has 18 heavy (non-hydrogen) atoms. The summed E-state index contributed by atoms with van der Waals surface area (Å²) in [4.78, 5) is 4.20. The molecule has 0 amide bonds. The van der Waals surface area contributed by atoms with Gasteiger partial charge in [-0.2, -0.15) is 0 Å². The zero-order valence-corrected chi connectivity index (χ0v) is 10.7.